The van der Waals surface area contributed by atoms with Crippen LogP contribution in [-0.4, -0.2) is 84.1 Å². The zero-order chi connectivity index (χ0) is 28.2. The molecule has 2 fully saturated rings. The summed E-state index contributed by atoms with van der Waals surface area (Å²) in [6, 6.07) is 3.38. The lowest BCUT2D eigenvalue weighted by atomic mass is 10.1. The van der Waals surface area contributed by atoms with E-state index in [1.54, 1.807) is 21.9 Å². The molecule has 0 aromatic carbocycles. The molecule has 210 valence electrons. The summed E-state index contributed by atoms with van der Waals surface area (Å²) < 4.78 is 55.8. The number of aromatic nitrogens is 6. The van der Waals surface area contributed by atoms with E-state index >= 15 is 0 Å². The van der Waals surface area contributed by atoms with Crippen LogP contribution in [0.2, 0.25) is 0 Å². The number of carbonyl (C=O) groups excluding carboxylic acids is 1. The minimum absolute atomic E-state index is 0.0419. The average molecular weight is 560 g/mol. The third-order valence-electron chi connectivity index (χ3n) is 7.13. The molecule has 2 N–H and O–H groups in total. The highest BCUT2D eigenvalue weighted by Crippen LogP contribution is 2.35. The normalized spacial score (nSPS) is 22.9. The van der Waals surface area contributed by atoms with Crippen molar-refractivity contribution in [3.63, 3.8) is 0 Å². The van der Waals surface area contributed by atoms with E-state index in [1.165, 1.54) is 16.8 Å². The van der Waals surface area contributed by atoms with E-state index in [-0.39, 0.29) is 54.4 Å². The molecule has 6 rings (SSSR count). The fraction of sp³-hybridized carbons (Fsp3) is 0.417. The summed E-state index contributed by atoms with van der Waals surface area (Å²) in [7, 11) is 1.76. The van der Waals surface area contributed by atoms with Gasteiger partial charge in [-0.15, -0.1) is 10.2 Å². The smallest absolute Gasteiger partial charge is 0.350 e. The zero-order valence-corrected chi connectivity index (χ0v) is 21.5. The van der Waals surface area contributed by atoms with E-state index in [0.29, 0.717) is 12.8 Å². The van der Waals surface area contributed by atoms with Crippen LogP contribution in [0.5, 0.6) is 0 Å². The standard InChI is InChI=1S/C24H25F4N11O/c1-13-7-21(36(2)35-13)31-19-8-18(24(26,27)28)30-23(32-19)37-11-15-3-4-16(12-37)39(15)22(40)17-5-6-20(34-33-17)38-10-14(25)9-29-38/h5-10,15-16,21,35H,3-4,11-12H2,1-2H3,(H,30,31,32). The molecule has 12 nitrogen and oxygen atoms in total. The first-order chi connectivity index (χ1) is 19.0. The van der Waals surface area contributed by atoms with Gasteiger partial charge < -0.3 is 20.5 Å². The number of nitrogens with zero attached hydrogens (tertiary/aromatic N) is 9. The Balaban J connectivity index is 1.21. The van der Waals surface area contributed by atoms with E-state index in [1.807, 2.05) is 13.0 Å². The number of allylic oxidation sites excluding steroid dienone is 1. The maximum atomic E-state index is 13.8. The van der Waals surface area contributed by atoms with Gasteiger partial charge in [0.25, 0.3) is 5.91 Å². The summed E-state index contributed by atoms with van der Waals surface area (Å²) in [4.78, 5) is 25.0. The van der Waals surface area contributed by atoms with Gasteiger partial charge in [0.15, 0.2) is 23.0 Å². The molecule has 1 amide bonds. The Bertz CT molecular complexity index is 1440. The van der Waals surface area contributed by atoms with Crippen molar-refractivity contribution >= 4 is 17.7 Å². The number of halogens is 4. The Morgan fingerprint density at radius 1 is 1.12 bits per heavy atom. The van der Waals surface area contributed by atoms with Crippen molar-refractivity contribution in [2.45, 2.75) is 44.2 Å². The van der Waals surface area contributed by atoms with Gasteiger partial charge in [-0.2, -0.15) is 23.3 Å². The van der Waals surface area contributed by atoms with Crippen LogP contribution in [0.3, 0.4) is 0 Å². The fourth-order valence-corrected chi connectivity index (χ4v) is 5.34. The predicted octanol–water partition coefficient (Wildman–Crippen LogP) is 2.20. The van der Waals surface area contributed by atoms with Gasteiger partial charge in [0.05, 0.1) is 24.5 Å². The molecule has 40 heavy (non-hydrogen) atoms. The quantitative estimate of drug-likeness (QED) is 0.450. The third-order valence-corrected chi connectivity index (χ3v) is 7.13. The number of rotatable bonds is 5. The number of piperazine rings is 1. The molecular weight excluding hydrogens is 534 g/mol. The number of carbonyl (C=O) groups is 1. The van der Waals surface area contributed by atoms with Crippen LogP contribution in [0.15, 0.2) is 42.4 Å². The maximum Gasteiger partial charge on any atom is 0.433 e. The lowest BCUT2D eigenvalue weighted by molar-refractivity contribution is -0.141. The average Bonchev–Trinajstić information content (AvgIpc) is 3.57. The largest absolute Gasteiger partial charge is 0.433 e. The summed E-state index contributed by atoms with van der Waals surface area (Å²) in [5, 5.41) is 16.6. The van der Waals surface area contributed by atoms with Gasteiger partial charge in [-0.25, -0.2) is 19.1 Å². The van der Waals surface area contributed by atoms with E-state index < -0.39 is 23.9 Å². The molecule has 2 saturated heterocycles. The zero-order valence-electron chi connectivity index (χ0n) is 21.5. The molecule has 0 aliphatic carbocycles. The Labute approximate surface area is 225 Å². The summed E-state index contributed by atoms with van der Waals surface area (Å²) >= 11 is 0. The molecule has 0 radical (unpaired) electrons. The van der Waals surface area contributed by atoms with E-state index in [2.05, 4.69) is 36.0 Å². The van der Waals surface area contributed by atoms with Gasteiger partial charge in [0.1, 0.15) is 12.0 Å². The summed E-state index contributed by atoms with van der Waals surface area (Å²) in [6.07, 6.45) is 0.311. The van der Waals surface area contributed by atoms with Crippen molar-refractivity contribution in [2.75, 3.05) is 30.4 Å². The Morgan fingerprint density at radius 2 is 1.88 bits per heavy atom. The molecule has 2 bridgehead atoms. The van der Waals surface area contributed by atoms with Crippen molar-refractivity contribution in [1.82, 2.24) is 45.3 Å². The molecule has 16 heteroatoms. The van der Waals surface area contributed by atoms with Gasteiger partial charge in [-0.05, 0) is 38.0 Å². The number of hydrazine groups is 1. The van der Waals surface area contributed by atoms with Crippen molar-refractivity contribution in [2.24, 2.45) is 0 Å². The van der Waals surface area contributed by atoms with Crippen LogP contribution in [0.4, 0.5) is 29.3 Å². The van der Waals surface area contributed by atoms with E-state index in [9.17, 15) is 22.4 Å². The number of anilines is 2. The molecule has 3 aliphatic rings. The van der Waals surface area contributed by atoms with Crippen LogP contribution < -0.4 is 15.6 Å². The second-order valence-electron chi connectivity index (χ2n) is 9.98. The number of fused-ring (bicyclic) bond motifs is 2. The minimum atomic E-state index is -4.66. The van der Waals surface area contributed by atoms with Crippen molar-refractivity contribution in [3.05, 3.63) is 59.6 Å². The molecule has 0 spiro atoms. The first-order valence-electron chi connectivity index (χ1n) is 12.6. The van der Waals surface area contributed by atoms with Crippen molar-refractivity contribution < 1.29 is 22.4 Å². The van der Waals surface area contributed by atoms with Crippen LogP contribution in [0, 0.1) is 5.82 Å². The van der Waals surface area contributed by atoms with Gasteiger partial charge in [-0.1, -0.05) is 0 Å². The summed E-state index contributed by atoms with van der Waals surface area (Å²) in [5.74, 6) is -0.612. The third kappa shape index (κ3) is 4.89. The molecule has 0 saturated carbocycles. The minimum Gasteiger partial charge on any atom is -0.350 e. The molecule has 3 atom stereocenters. The van der Waals surface area contributed by atoms with Crippen LogP contribution in [-0.2, 0) is 6.18 Å². The van der Waals surface area contributed by atoms with E-state index in [0.717, 1.165) is 24.2 Å². The van der Waals surface area contributed by atoms with E-state index in [4.69, 9.17) is 0 Å². The Morgan fingerprint density at radius 3 is 2.45 bits per heavy atom. The van der Waals surface area contributed by atoms with Crippen molar-refractivity contribution in [3.8, 4) is 5.82 Å². The first-order valence-corrected chi connectivity index (χ1v) is 12.6. The highest BCUT2D eigenvalue weighted by Gasteiger charge is 2.44. The van der Waals surface area contributed by atoms with Crippen LogP contribution in [0.25, 0.3) is 5.82 Å². The molecule has 6 heterocycles. The molecule has 3 aromatic heterocycles. The topological polar surface area (TPSA) is 120 Å². The molecule has 3 aliphatic heterocycles. The predicted molar refractivity (Wildman–Crippen MR) is 133 cm³/mol. The van der Waals surface area contributed by atoms with Crippen molar-refractivity contribution in [1.29, 1.82) is 0 Å². The lowest BCUT2D eigenvalue weighted by Crippen LogP contribution is -2.56. The maximum absolute atomic E-state index is 13.8. The Kier molecular flexibility index (Phi) is 6.28. The van der Waals surface area contributed by atoms with Gasteiger partial charge >= 0.3 is 6.18 Å². The van der Waals surface area contributed by atoms with Gasteiger partial charge in [0, 0.05) is 31.9 Å². The molecular formula is C24H25F4N11O. The second-order valence-corrected chi connectivity index (χ2v) is 9.98. The summed E-state index contributed by atoms with van der Waals surface area (Å²) in [5.41, 5.74) is 2.98. The number of hydrogen-bond acceptors (Lipinski definition) is 10. The number of alkyl halides is 3. The van der Waals surface area contributed by atoms with Gasteiger partial charge in [-0.3, -0.25) is 4.79 Å². The Hall–Kier alpha value is -4.34. The van der Waals surface area contributed by atoms with Crippen LogP contribution >= 0.6 is 0 Å². The SMILES string of the molecule is CC1=CC(Nc2cc(C(F)(F)F)nc(N3CC4CCC(C3)N4C(=O)c3ccc(-n4cc(F)cn4)nn3)n2)N(C)N1. The highest BCUT2D eigenvalue weighted by molar-refractivity contribution is 5.93. The van der Waals surface area contributed by atoms with Crippen LogP contribution in [0.1, 0.15) is 35.9 Å². The molecule has 3 aromatic rings. The molecule has 3 unspecified atom stereocenters. The second kappa shape index (κ2) is 9.69. The monoisotopic (exact) mass is 559 g/mol. The first kappa shape index (κ1) is 25.9. The fourth-order valence-electron chi connectivity index (χ4n) is 5.34. The number of amides is 1. The number of nitrogens with one attached hydrogen (secondary N) is 2. The van der Waals surface area contributed by atoms with Gasteiger partial charge in [0.2, 0.25) is 5.95 Å². The number of hydrogen-bond donors (Lipinski definition) is 2. The number of likely N-dealkylation sites (N-methyl/N-ethyl adjacent to an activating group) is 1. The highest BCUT2D eigenvalue weighted by atomic mass is 19.4. The summed E-state index contributed by atoms with van der Waals surface area (Å²) in [6.45, 7) is 2.39. The lowest BCUT2D eigenvalue weighted by Gasteiger charge is -2.41.